The Labute approximate surface area is 273 Å². The largest absolute Gasteiger partial charge is 0.494 e. The molecule has 2 saturated heterocycles. The predicted molar refractivity (Wildman–Crippen MR) is 181 cm³/mol. The molecule has 0 aliphatic carbocycles. The van der Waals surface area contributed by atoms with E-state index in [2.05, 4.69) is 15.6 Å². The topological polar surface area (TPSA) is 133 Å². The van der Waals surface area contributed by atoms with Crippen LogP contribution < -0.4 is 16.1 Å². The summed E-state index contributed by atoms with van der Waals surface area (Å²) in [5, 5.41) is 6.20. The van der Waals surface area contributed by atoms with Crippen LogP contribution in [-0.4, -0.2) is 82.4 Å². The van der Waals surface area contributed by atoms with Gasteiger partial charge in [0.25, 0.3) is 17.6 Å². The van der Waals surface area contributed by atoms with Crippen molar-refractivity contribution in [1.82, 2.24) is 14.8 Å². The van der Waals surface area contributed by atoms with Crippen LogP contribution in [0, 0.1) is 0 Å². The highest BCUT2D eigenvalue weighted by Crippen LogP contribution is 2.36. The number of Topliss-reactive ketones (excluding diaryl/α,β-unsaturated/α-hetero) is 1. The molecular weight excluding hydrogens is 597 g/mol. The Kier molecular flexibility index (Phi) is 8.41. The molecule has 0 saturated carbocycles. The van der Waals surface area contributed by atoms with E-state index in [0.29, 0.717) is 40.9 Å². The van der Waals surface area contributed by atoms with Gasteiger partial charge in [0.05, 0.1) is 28.0 Å². The molecule has 1 aromatic heterocycles. The summed E-state index contributed by atoms with van der Waals surface area (Å²) in [6, 6.07) is 20.6. The van der Waals surface area contributed by atoms with E-state index in [0.717, 1.165) is 5.46 Å². The van der Waals surface area contributed by atoms with E-state index in [1.807, 2.05) is 65.0 Å². The summed E-state index contributed by atoms with van der Waals surface area (Å²) >= 11 is 0. The van der Waals surface area contributed by atoms with Gasteiger partial charge in [0, 0.05) is 48.5 Å². The number of carbonyl (C=O) groups is 4. The number of urea groups is 1. The highest BCUT2D eigenvalue weighted by molar-refractivity contribution is 6.62. The van der Waals surface area contributed by atoms with E-state index in [-0.39, 0.29) is 24.1 Å². The van der Waals surface area contributed by atoms with Crippen LogP contribution in [0.2, 0.25) is 0 Å². The van der Waals surface area contributed by atoms with Crippen LogP contribution in [0.5, 0.6) is 0 Å². The second kappa shape index (κ2) is 12.3. The lowest BCUT2D eigenvalue weighted by Crippen LogP contribution is -2.56. The normalized spacial score (nSPS) is 18.7. The SMILES string of the molecule is CC1CN(C(=O)c2ccccc2)CCN1C(=O)C(=O)c1c[nH]c2c(NC(=O)Nc3cccc(B4OC(C)(C)C(C)(C)O4)c3)cccc12. The van der Waals surface area contributed by atoms with Gasteiger partial charge in [-0.2, -0.15) is 0 Å². The average molecular weight is 636 g/mol. The number of benzene rings is 3. The van der Waals surface area contributed by atoms with Gasteiger partial charge in [0.1, 0.15) is 0 Å². The summed E-state index contributed by atoms with van der Waals surface area (Å²) in [5.41, 5.74) is 2.09. The number of para-hydroxylation sites is 1. The third kappa shape index (κ3) is 6.26. The molecule has 4 aromatic rings. The monoisotopic (exact) mass is 635 g/mol. The standard InChI is InChI=1S/C35H38BN5O6/c1-22-21-40(31(43)23-11-7-6-8-12-23)17-18-41(22)32(44)30(42)27-20-37-29-26(27)15-10-16-28(29)39-33(45)38-25-14-9-13-24(19-25)36-46-34(2,3)35(4,5)47-36/h6-16,19-20,22,37H,17-18,21H2,1-5H3,(H2,38,39,45). The summed E-state index contributed by atoms with van der Waals surface area (Å²) < 4.78 is 12.3. The maximum Gasteiger partial charge on any atom is 0.494 e. The second-order valence-electron chi connectivity index (χ2n) is 13.0. The summed E-state index contributed by atoms with van der Waals surface area (Å²) in [6.07, 6.45) is 1.49. The summed E-state index contributed by atoms with van der Waals surface area (Å²) in [4.78, 5) is 59.2. The molecule has 242 valence electrons. The van der Waals surface area contributed by atoms with Gasteiger partial charge in [-0.25, -0.2) is 4.79 Å². The number of hydrogen-bond donors (Lipinski definition) is 3. The Morgan fingerprint density at radius 3 is 2.28 bits per heavy atom. The quantitative estimate of drug-likeness (QED) is 0.160. The van der Waals surface area contributed by atoms with Crippen molar-refractivity contribution < 1.29 is 28.5 Å². The number of aromatic nitrogens is 1. The summed E-state index contributed by atoms with van der Waals surface area (Å²) in [5.74, 6) is -1.40. The molecule has 3 heterocycles. The number of ketones is 1. The van der Waals surface area contributed by atoms with Crippen molar-refractivity contribution in [1.29, 1.82) is 0 Å². The molecule has 12 heteroatoms. The first-order valence-corrected chi connectivity index (χ1v) is 15.7. The summed E-state index contributed by atoms with van der Waals surface area (Å²) in [7, 11) is -0.570. The van der Waals surface area contributed by atoms with Crippen molar-refractivity contribution >= 4 is 58.5 Å². The highest BCUT2D eigenvalue weighted by atomic mass is 16.7. The number of rotatable bonds is 6. The molecule has 0 bridgehead atoms. The number of H-pyrrole nitrogens is 1. The fourth-order valence-electron chi connectivity index (χ4n) is 5.93. The molecule has 3 N–H and O–H groups in total. The smallest absolute Gasteiger partial charge is 0.399 e. The molecule has 3 aromatic carbocycles. The van der Waals surface area contributed by atoms with Crippen molar-refractivity contribution in [2.24, 2.45) is 0 Å². The molecule has 2 aliphatic heterocycles. The van der Waals surface area contributed by atoms with Gasteiger partial charge in [-0.1, -0.05) is 42.5 Å². The average Bonchev–Trinajstić information content (AvgIpc) is 3.58. The van der Waals surface area contributed by atoms with Crippen LogP contribution in [0.25, 0.3) is 10.9 Å². The van der Waals surface area contributed by atoms with Gasteiger partial charge < -0.3 is 34.7 Å². The Bertz CT molecular complexity index is 1840. The fourth-order valence-corrected chi connectivity index (χ4v) is 5.93. The Balaban J connectivity index is 1.11. The molecular formula is C35H38BN5O6. The number of carbonyl (C=O) groups excluding carboxylic acids is 4. The first kappa shape index (κ1) is 32.0. The van der Waals surface area contributed by atoms with Crippen molar-refractivity contribution in [3.8, 4) is 0 Å². The third-order valence-corrected chi connectivity index (χ3v) is 9.27. The molecule has 2 fully saturated rings. The molecule has 6 rings (SSSR count). The number of nitrogens with zero attached hydrogens (tertiary/aromatic N) is 2. The van der Waals surface area contributed by atoms with Crippen LogP contribution in [0.15, 0.2) is 79.0 Å². The van der Waals surface area contributed by atoms with Gasteiger partial charge in [-0.3, -0.25) is 14.4 Å². The molecule has 1 atom stereocenters. The maximum absolute atomic E-state index is 13.5. The van der Waals surface area contributed by atoms with E-state index in [9.17, 15) is 19.2 Å². The van der Waals surface area contributed by atoms with E-state index in [4.69, 9.17) is 9.31 Å². The molecule has 0 radical (unpaired) electrons. The molecule has 11 nitrogen and oxygen atoms in total. The lowest BCUT2D eigenvalue weighted by Gasteiger charge is -2.39. The van der Waals surface area contributed by atoms with E-state index in [1.54, 1.807) is 47.4 Å². The van der Waals surface area contributed by atoms with Crippen molar-refractivity contribution in [3.05, 3.63) is 90.1 Å². The number of nitrogens with one attached hydrogen (secondary N) is 3. The lowest BCUT2D eigenvalue weighted by molar-refractivity contribution is -0.130. The minimum atomic E-state index is -0.660. The lowest BCUT2D eigenvalue weighted by atomic mass is 9.79. The summed E-state index contributed by atoms with van der Waals surface area (Å²) in [6.45, 7) is 10.7. The molecule has 2 aliphatic rings. The minimum absolute atomic E-state index is 0.103. The number of amides is 4. The van der Waals surface area contributed by atoms with Crippen LogP contribution in [0.1, 0.15) is 55.3 Å². The first-order chi connectivity index (χ1) is 22.3. The van der Waals surface area contributed by atoms with Crippen LogP contribution in [-0.2, 0) is 14.1 Å². The molecule has 4 amide bonds. The van der Waals surface area contributed by atoms with E-state index >= 15 is 0 Å². The van der Waals surface area contributed by atoms with Gasteiger partial charge >= 0.3 is 13.1 Å². The number of hydrogen-bond acceptors (Lipinski definition) is 6. The molecule has 1 unspecified atom stereocenters. The number of aromatic amines is 1. The van der Waals surface area contributed by atoms with Gasteiger partial charge in [-0.05, 0) is 70.4 Å². The Morgan fingerprint density at radius 2 is 1.57 bits per heavy atom. The fraction of sp³-hybridized carbons (Fsp3) is 0.314. The zero-order chi connectivity index (χ0) is 33.5. The van der Waals surface area contributed by atoms with E-state index < -0.39 is 36.0 Å². The third-order valence-electron chi connectivity index (χ3n) is 9.27. The first-order valence-electron chi connectivity index (χ1n) is 15.7. The van der Waals surface area contributed by atoms with Crippen molar-refractivity contribution in [3.63, 3.8) is 0 Å². The van der Waals surface area contributed by atoms with E-state index in [1.165, 1.54) is 11.1 Å². The van der Waals surface area contributed by atoms with Gasteiger partial charge in [0.2, 0.25) is 0 Å². The predicted octanol–water partition coefficient (Wildman–Crippen LogP) is 4.67. The second-order valence-corrected chi connectivity index (χ2v) is 13.0. The number of fused-ring (bicyclic) bond motifs is 1. The number of anilines is 2. The molecule has 47 heavy (non-hydrogen) atoms. The zero-order valence-corrected chi connectivity index (χ0v) is 27.1. The zero-order valence-electron chi connectivity index (χ0n) is 27.1. The Morgan fingerprint density at radius 1 is 0.872 bits per heavy atom. The number of piperazine rings is 1. The maximum atomic E-state index is 13.5. The van der Waals surface area contributed by atoms with Crippen molar-refractivity contribution in [2.75, 3.05) is 30.3 Å². The van der Waals surface area contributed by atoms with Crippen molar-refractivity contribution in [2.45, 2.75) is 51.9 Å². The highest BCUT2D eigenvalue weighted by Gasteiger charge is 2.51. The van der Waals surface area contributed by atoms with Gasteiger partial charge in [-0.15, -0.1) is 0 Å². The minimum Gasteiger partial charge on any atom is -0.399 e. The van der Waals surface area contributed by atoms with Crippen LogP contribution >= 0.6 is 0 Å². The van der Waals surface area contributed by atoms with Crippen LogP contribution in [0.3, 0.4) is 0 Å². The van der Waals surface area contributed by atoms with Gasteiger partial charge in [0.15, 0.2) is 0 Å². The van der Waals surface area contributed by atoms with Crippen LogP contribution in [0.4, 0.5) is 16.2 Å². The Hall–Kier alpha value is -4.94. The molecule has 0 spiro atoms.